The van der Waals surface area contributed by atoms with Gasteiger partial charge in [-0.15, -0.1) is 0 Å². The average molecular weight is 351 g/mol. The Kier molecular flexibility index (Phi) is 5.16. The Morgan fingerprint density at radius 2 is 2.10 bits per heavy atom. The molecule has 6 heteroatoms. The monoisotopic (exact) mass is 350 g/mol. The first-order valence-electron chi connectivity index (χ1n) is 6.37. The summed E-state index contributed by atoms with van der Waals surface area (Å²) in [6, 6.07) is 8.55. The molecule has 0 saturated heterocycles. The molecule has 0 saturated carbocycles. The van der Waals surface area contributed by atoms with E-state index in [1.54, 1.807) is 43.6 Å². The van der Waals surface area contributed by atoms with E-state index in [0.717, 1.165) is 0 Å². The molecule has 110 valence electrons. The number of aromatic nitrogens is 1. The summed E-state index contributed by atoms with van der Waals surface area (Å²) in [6.07, 6.45) is 1.57. The van der Waals surface area contributed by atoms with Gasteiger partial charge in [-0.2, -0.15) is 0 Å². The molecule has 1 aromatic heterocycles. The van der Waals surface area contributed by atoms with E-state index in [9.17, 15) is 4.79 Å². The van der Waals surface area contributed by atoms with Crippen LogP contribution in [0.1, 0.15) is 17.3 Å². The maximum atomic E-state index is 12.2. The fourth-order valence-electron chi connectivity index (χ4n) is 1.77. The van der Waals surface area contributed by atoms with Crippen molar-refractivity contribution in [3.05, 3.63) is 46.7 Å². The Hall–Kier alpha value is -2.08. The van der Waals surface area contributed by atoms with Crippen LogP contribution in [0.15, 0.2) is 41.1 Å². The van der Waals surface area contributed by atoms with Crippen LogP contribution in [0.4, 0.5) is 5.69 Å². The van der Waals surface area contributed by atoms with E-state index in [0.29, 0.717) is 34.0 Å². The second-order valence-corrected chi connectivity index (χ2v) is 4.93. The molecule has 21 heavy (non-hydrogen) atoms. The van der Waals surface area contributed by atoms with Crippen molar-refractivity contribution in [2.24, 2.45) is 0 Å². The molecule has 0 bridgehead atoms. The molecule has 1 aromatic carbocycles. The smallest absolute Gasteiger partial charge is 0.255 e. The Labute approximate surface area is 131 Å². The number of ether oxygens (including phenoxy) is 2. The molecular formula is C15H15BrN2O3. The number of hydrogen-bond acceptors (Lipinski definition) is 4. The summed E-state index contributed by atoms with van der Waals surface area (Å²) in [4.78, 5) is 16.1. The molecule has 2 aromatic rings. The standard InChI is InChI=1S/C15H15BrN2O3/c1-3-21-13-9-11(4-5-12(13)20-2)18-15(19)10-6-7-17-14(16)8-10/h4-9H,3H2,1-2H3,(H,18,19). The quantitative estimate of drug-likeness (QED) is 0.838. The minimum Gasteiger partial charge on any atom is -0.493 e. The van der Waals surface area contributed by atoms with Crippen LogP contribution in [0, 0.1) is 0 Å². The second kappa shape index (κ2) is 7.08. The highest BCUT2D eigenvalue weighted by molar-refractivity contribution is 9.10. The number of benzene rings is 1. The number of carbonyl (C=O) groups is 1. The van der Waals surface area contributed by atoms with Crippen molar-refractivity contribution in [1.82, 2.24) is 4.98 Å². The Morgan fingerprint density at radius 3 is 2.76 bits per heavy atom. The predicted molar refractivity (Wildman–Crippen MR) is 84.1 cm³/mol. The van der Waals surface area contributed by atoms with Gasteiger partial charge in [-0.3, -0.25) is 4.79 Å². The summed E-state index contributed by atoms with van der Waals surface area (Å²) in [6.45, 7) is 2.41. The van der Waals surface area contributed by atoms with Gasteiger partial charge in [0.25, 0.3) is 5.91 Å². The van der Waals surface area contributed by atoms with Crippen molar-refractivity contribution >= 4 is 27.5 Å². The normalized spacial score (nSPS) is 10.0. The Morgan fingerprint density at radius 1 is 1.29 bits per heavy atom. The van der Waals surface area contributed by atoms with Gasteiger partial charge in [-0.25, -0.2) is 4.98 Å². The third-order valence-corrected chi connectivity index (χ3v) is 3.14. The summed E-state index contributed by atoms with van der Waals surface area (Å²) in [5.41, 5.74) is 1.16. The minimum atomic E-state index is -0.217. The number of nitrogens with one attached hydrogen (secondary N) is 1. The van der Waals surface area contributed by atoms with Crippen LogP contribution in [-0.2, 0) is 0 Å². The lowest BCUT2D eigenvalue weighted by Crippen LogP contribution is -2.12. The number of pyridine rings is 1. The number of methoxy groups -OCH3 is 1. The number of anilines is 1. The first-order chi connectivity index (χ1) is 10.1. The molecule has 1 N–H and O–H groups in total. The van der Waals surface area contributed by atoms with Crippen LogP contribution < -0.4 is 14.8 Å². The molecule has 0 atom stereocenters. The fourth-order valence-corrected chi connectivity index (χ4v) is 2.13. The molecule has 0 aliphatic carbocycles. The van der Waals surface area contributed by atoms with Gasteiger partial charge in [-0.05, 0) is 47.1 Å². The van der Waals surface area contributed by atoms with Crippen molar-refractivity contribution in [3.63, 3.8) is 0 Å². The van der Waals surface area contributed by atoms with E-state index in [-0.39, 0.29) is 5.91 Å². The van der Waals surface area contributed by atoms with Gasteiger partial charge in [-0.1, -0.05) is 0 Å². The highest BCUT2D eigenvalue weighted by atomic mass is 79.9. The zero-order valence-corrected chi connectivity index (χ0v) is 13.3. The predicted octanol–water partition coefficient (Wildman–Crippen LogP) is 3.50. The van der Waals surface area contributed by atoms with Gasteiger partial charge in [0.15, 0.2) is 11.5 Å². The maximum absolute atomic E-state index is 12.2. The van der Waals surface area contributed by atoms with Crippen molar-refractivity contribution in [2.75, 3.05) is 19.0 Å². The summed E-state index contributed by atoms with van der Waals surface area (Å²) in [7, 11) is 1.57. The molecule has 0 spiro atoms. The van der Waals surface area contributed by atoms with Gasteiger partial charge in [0, 0.05) is 23.5 Å². The number of nitrogens with zero attached hydrogens (tertiary/aromatic N) is 1. The number of halogens is 1. The van der Waals surface area contributed by atoms with Gasteiger partial charge in [0.05, 0.1) is 13.7 Å². The molecule has 0 aliphatic heterocycles. The highest BCUT2D eigenvalue weighted by Crippen LogP contribution is 2.30. The van der Waals surface area contributed by atoms with Gasteiger partial charge in [0.2, 0.25) is 0 Å². The Bertz CT molecular complexity index is 647. The lowest BCUT2D eigenvalue weighted by atomic mass is 10.2. The summed E-state index contributed by atoms with van der Waals surface area (Å²) in [5.74, 6) is 1.00. The zero-order valence-electron chi connectivity index (χ0n) is 11.7. The first kappa shape index (κ1) is 15.3. The molecule has 1 heterocycles. The average Bonchev–Trinajstić information content (AvgIpc) is 2.48. The van der Waals surface area contributed by atoms with Gasteiger partial charge in [0.1, 0.15) is 4.60 Å². The van der Waals surface area contributed by atoms with Crippen LogP contribution in [0.25, 0.3) is 0 Å². The van der Waals surface area contributed by atoms with Crippen LogP contribution in [-0.4, -0.2) is 24.6 Å². The lowest BCUT2D eigenvalue weighted by Gasteiger charge is -2.12. The van der Waals surface area contributed by atoms with Crippen LogP contribution in [0.5, 0.6) is 11.5 Å². The van der Waals surface area contributed by atoms with Gasteiger partial charge >= 0.3 is 0 Å². The van der Waals surface area contributed by atoms with Crippen LogP contribution in [0.2, 0.25) is 0 Å². The Balaban J connectivity index is 2.19. The van der Waals surface area contributed by atoms with E-state index in [1.807, 2.05) is 6.92 Å². The van der Waals surface area contributed by atoms with Crippen molar-refractivity contribution in [1.29, 1.82) is 0 Å². The first-order valence-corrected chi connectivity index (χ1v) is 7.17. The second-order valence-electron chi connectivity index (χ2n) is 4.12. The molecule has 2 rings (SSSR count). The molecule has 0 aliphatic rings. The number of hydrogen-bond donors (Lipinski definition) is 1. The van der Waals surface area contributed by atoms with Crippen LogP contribution in [0.3, 0.4) is 0 Å². The van der Waals surface area contributed by atoms with Gasteiger partial charge < -0.3 is 14.8 Å². The molecule has 5 nitrogen and oxygen atoms in total. The van der Waals surface area contributed by atoms with Crippen molar-refractivity contribution < 1.29 is 14.3 Å². The van der Waals surface area contributed by atoms with E-state index in [4.69, 9.17) is 9.47 Å². The number of carbonyl (C=O) groups excluding carboxylic acids is 1. The molecule has 1 amide bonds. The minimum absolute atomic E-state index is 0.217. The van der Waals surface area contributed by atoms with E-state index < -0.39 is 0 Å². The molecule has 0 unspecified atom stereocenters. The van der Waals surface area contributed by atoms with Crippen LogP contribution >= 0.6 is 15.9 Å². The number of amides is 1. The van der Waals surface area contributed by atoms with E-state index >= 15 is 0 Å². The third-order valence-electron chi connectivity index (χ3n) is 2.71. The molecule has 0 radical (unpaired) electrons. The van der Waals surface area contributed by atoms with E-state index in [1.165, 1.54) is 0 Å². The lowest BCUT2D eigenvalue weighted by molar-refractivity contribution is 0.102. The van der Waals surface area contributed by atoms with E-state index in [2.05, 4.69) is 26.2 Å². The molecule has 0 fully saturated rings. The van der Waals surface area contributed by atoms with Crippen molar-refractivity contribution in [2.45, 2.75) is 6.92 Å². The fraction of sp³-hybridized carbons (Fsp3) is 0.200. The number of rotatable bonds is 5. The topological polar surface area (TPSA) is 60.5 Å². The molecular weight excluding hydrogens is 336 g/mol. The summed E-state index contributed by atoms with van der Waals surface area (Å²) in [5, 5.41) is 2.81. The maximum Gasteiger partial charge on any atom is 0.255 e. The largest absolute Gasteiger partial charge is 0.493 e. The summed E-state index contributed by atoms with van der Waals surface area (Å²) >= 11 is 3.24. The summed E-state index contributed by atoms with van der Waals surface area (Å²) < 4.78 is 11.3. The zero-order chi connectivity index (χ0) is 15.2. The highest BCUT2D eigenvalue weighted by Gasteiger charge is 2.10. The SMILES string of the molecule is CCOc1cc(NC(=O)c2ccnc(Br)c2)ccc1OC. The third kappa shape index (κ3) is 3.95. The van der Waals surface area contributed by atoms with Crippen molar-refractivity contribution in [3.8, 4) is 11.5 Å².